The summed E-state index contributed by atoms with van der Waals surface area (Å²) in [7, 11) is 0. The van der Waals surface area contributed by atoms with Crippen molar-refractivity contribution in [3.05, 3.63) is 0 Å². The summed E-state index contributed by atoms with van der Waals surface area (Å²) in [6.45, 7) is 2.54. The molecule has 0 N–H and O–H groups in total. The molecule has 3 nitrogen and oxygen atoms in total. The van der Waals surface area contributed by atoms with E-state index in [1.54, 1.807) is 0 Å². The fourth-order valence-corrected chi connectivity index (χ4v) is 1.81. The zero-order valence-electron chi connectivity index (χ0n) is 7.34. The van der Waals surface area contributed by atoms with Gasteiger partial charge in [-0.25, -0.2) is 4.79 Å². The maximum atomic E-state index is 11.1. The standard InChI is InChI=1S/C9H14O3/c1-9-7(12-8(9)10)5-3-2-4-6-11-9/h7H,2-6H2,1H3/t7-,9+/m1/s1. The minimum atomic E-state index is -0.611. The van der Waals surface area contributed by atoms with Crippen LogP contribution in [0.4, 0.5) is 0 Å². The van der Waals surface area contributed by atoms with Crippen LogP contribution in [-0.2, 0) is 14.3 Å². The van der Waals surface area contributed by atoms with E-state index in [4.69, 9.17) is 9.47 Å². The van der Waals surface area contributed by atoms with Crippen LogP contribution in [-0.4, -0.2) is 24.3 Å². The lowest BCUT2D eigenvalue weighted by Crippen LogP contribution is -2.62. The Kier molecular flexibility index (Phi) is 1.83. The predicted octanol–water partition coefficient (Wildman–Crippen LogP) is 1.26. The first kappa shape index (κ1) is 8.05. The van der Waals surface area contributed by atoms with Crippen LogP contribution in [0.1, 0.15) is 32.6 Å². The number of carbonyl (C=O) groups is 1. The van der Waals surface area contributed by atoms with Crippen LogP contribution in [0, 0.1) is 0 Å². The third-order valence-electron chi connectivity index (χ3n) is 2.78. The van der Waals surface area contributed by atoms with Crippen LogP contribution in [0.2, 0.25) is 0 Å². The lowest BCUT2D eigenvalue weighted by molar-refractivity contribution is -0.241. The van der Waals surface area contributed by atoms with Crippen molar-refractivity contribution in [2.45, 2.75) is 44.3 Å². The summed E-state index contributed by atoms with van der Waals surface area (Å²) in [4.78, 5) is 11.1. The molecule has 2 saturated heterocycles. The molecule has 0 aromatic rings. The average Bonchev–Trinajstić information content (AvgIpc) is 2.06. The first-order chi connectivity index (χ1) is 5.73. The number of hydrogen-bond acceptors (Lipinski definition) is 3. The number of esters is 1. The van der Waals surface area contributed by atoms with Gasteiger partial charge in [0.15, 0.2) is 5.60 Å². The van der Waals surface area contributed by atoms with Gasteiger partial charge in [-0.15, -0.1) is 0 Å². The molecule has 2 aliphatic rings. The normalized spacial score (nSPS) is 41.8. The second kappa shape index (κ2) is 2.73. The molecular weight excluding hydrogens is 156 g/mol. The number of ether oxygens (including phenoxy) is 2. The topological polar surface area (TPSA) is 35.5 Å². The first-order valence-corrected chi connectivity index (χ1v) is 4.58. The predicted molar refractivity (Wildman–Crippen MR) is 42.7 cm³/mol. The van der Waals surface area contributed by atoms with Crippen LogP contribution in [0.15, 0.2) is 0 Å². The molecule has 0 aromatic carbocycles. The summed E-state index contributed by atoms with van der Waals surface area (Å²) in [5.74, 6) is -0.186. The van der Waals surface area contributed by atoms with E-state index in [9.17, 15) is 4.79 Å². The van der Waals surface area contributed by atoms with Crippen molar-refractivity contribution in [3.63, 3.8) is 0 Å². The van der Waals surface area contributed by atoms with Gasteiger partial charge < -0.3 is 9.47 Å². The van der Waals surface area contributed by atoms with E-state index in [1.165, 1.54) is 6.42 Å². The van der Waals surface area contributed by atoms with Crippen molar-refractivity contribution in [2.75, 3.05) is 6.61 Å². The number of hydrogen-bond donors (Lipinski definition) is 0. The quantitative estimate of drug-likeness (QED) is 0.513. The van der Waals surface area contributed by atoms with E-state index in [0.717, 1.165) is 19.3 Å². The molecule has 0 aromatic heterocycles. The Morgan fingerprint density at radius 1 is 1.42 bits per heavy atom. The third kappa shape index (κ3) is 1.04. The van der Waals surface area contributed by atoms with Crippen molar-refractivity contribution in [2.24, 2.45) is 0 Å². The molecule has 3 heteroatoms. The summed E-state index contributed by atoms with van der Waals surface area (Å²) in [5, 5.41) is 0. The minimum absolute atomic E-state index is 0.0188. The zero-order chi connectivity index (χ0) is 8.60. The lowest BCUT2D eigenvalue weighted by Gasteiger charge is -2.44. The molecule has 12 heavy (non-hydrogen) atoms. The molecule has 0 amide bonds. The van der Waals surface area contributed by atoms with Gasteiger partial charge in [0.2, 0.25) is 0 Å². The summed E-state index contributed by atoms with van der Waals surface area (Å²) in [6.07, 6.45) is 4.38. The van der Waals surface area contributed by atoms with E-state index in [2.05, 4.69) is 0 Å². The van der Waals surface area contributed by atoms with Gasteiger partial charge in [-0.3, -0.25) is 0 Å². The maximum Gasteiger partial charge on any atom is 0.342 e. The molecule has 0 unspecified atom stereocenters. The largest absolute Gasteiger partial charge is 0.456 e. The van der Waals surface area contributed by atoms with E-state index < -0.39 is 5.60 Å². The van der Waals surface area contributed by atoms with Crippen LogP contribution in [0.25, 0.3) is 0 Å². The number of fused-ring (bicyclic) bond motifs is 1. The van der Waals surface area contributed by atoms with Gasteiger partial charge in [-0.1, -0.05) is 6.42 Å². The molecule has 0 spiro atoms. The van der Waals surface area contributed by atoms with Crippen LogP contribution in [0.3, 0.4) is 0 Å². The molecular formula is C9H14O3. The maximum absolute atomic E-state index is 11.1. The summed E-state index contributed by atoms with van der Waals surface area (Å²) < 4.78 is 10.5. The molecule has 2 atom stereocenters. The van der Waals surface area contributed by atoms with Gasteiger partial charge in [-0.2, -0.15) is 0 Å². The number of carbonyl (C=O) groups excluding carboxylic acids is 1. The van der Waals surface area contributed by atoms with Gasteiger partial charge in [0.05, 0.1) is 0 Å². The fraction of sp³-hybridized carbons (Fsp3) is 0.889. The van der Waals surface area contributed by atoms with E-state index >= 15 is 0 Å². The van der Waals surface area contributed by atoms with Crippen molar-refractivity contribution in [1.82, 2.24) is 0 Å². The highest BCUT2D eigenvalue weighted by atomic mass is 16.6. The van der Waals surface area contributed by atoms with Gasteiger partial charge in [0.1, 0.15) is 6.10 Å². The van der Waals surface area contributed by atoms with Crippen LogP contribution >= 0.6 is 0 Å². The second-order valence-corrected chi connectivity index (χ2v) is 3.70. The average molecular weight is 170 g/mol. The Morgan fingerprint density at radius 2 is 2.25 bits per heavy atom. The highest BCUT2D eigenvalue weighted by molar-refractivity contribution is 5.85. The first-order valence-electron chi connectivity index (χ1n) is 4.58. The molecule has 68 valence electrons. The van der Waals surface area contributed by atoms with Crippen molar-refractivity contribution >= 4 is 5.97 Å². The monoisotopic (exact) mass is 170 g/mol. The van der Waals surface area contributed by atoms with Crippen molar-refractivity contribution in [1.29, 1.82) is 0 Å². The van der Waals surface area contributed by atoms with E-state index in [0.29, 0.717) is 6.61 Å². The molecule has 2 aliphatic heterocycles. The summed E-state index contributed by atoms with van der Waals surface area (Å²) in [6, 6.07) is 0. The Hall–Kier alpha value is -0.570. The van der Waals surface area contributed by atoms with Crippen LogP contribution in [0.5, 0.6) is 0 Å². The molecule has 0 aliphatic carbocycles. The van der Waals surface area contributed by atoms with Crippen molar-refractivity contribution in [3.8, 4) is 0 Å². The van der Waals surface area contributed by atoms with E-state index in [1.807, 2.05) is 6.92 Å². The Bertz CT molecular complexity index is 202. The van der Waals surface area contributed by atoms with Gasteiger partial charge >= 0.3 is 5.97 Å². The van der Waals surface area contributed by atoms with Gasteiger partial charge in [-0.05, 0) is 26.2 Å². The molecule has 2 fully saturated rings. The van der Waals surface area contributed by atoms with Crippen LogP contribution < -0.4 is 0 Å². The van der Waals surface area contributed by atoms with Crippen molar-refractivity contribution < 1.29 is 14.3 Å². The molecule has 2 heterocycles. The molecule has 0 bridgehead atoms. The van der Waals surface area contributed by atoms with E-state index in [-0.39, 0.29) is 12.1 Å². The third-order valence-corrected chi connectivity index (χ3v) is 2.78. The summed E-state index contributed by atoms with van der Waals surface area (Å²) >= 11 is 0. The molecule has 0 radical (unpaired) electrons. The Balaban J connectivity index is 2.05. The SMILES string of the molecule is C[C@]12OCCCCC[C@H]1OC2=O. The lowest BCUT2D eigenvalue weighted by atomic mass is 9.88. The Morgan fingerprint density at radius 3 is 3.00 bits per heavy atom. The molecule has 2 rings (SSSR count). The second-order valence-electron chi connectivity index (χ2n) is 3.70. The minimum Gasteiger partial charge on any atom is -0.456 e. The number of rotatable bonds is 0. The Labute approximate surface area is 72.0 Å². The highest BCUT2D eigenvalue weighted by Crippen LogP contribution is 2.35. The molecule has 0 saturated carbocycles. The van der Waals surface area contributed by atoms with Gasteiger partial charge in [0.25, 0.3) is 0 Å². The fourth-order valence-electron chi connectivity index (χ4n) is 1.81. The zero-order valence-corrected chi connectivity index (χ0v) is 7.34. The smallest absolute Gasteiger partial charge is 0.342 e. The summed E-state index contributed by atoms with van der Waals surface area (Å²) in [5.41, 5.74) is -0.611. The van der Waals surface area contributed by atoms with Gasteiger partial charge in [0, 0.05) is 6.61 Å². The highest BCUT2D eigenvalue weighted by Gasteiger charge is 2.55.